The number of fused-ring (bicyclic) bond motifs is 1. The van der Waals surface area contributed by atoms with Crippen LogP contribution in [0, 0.1) is 6.92 Å². The van der Waals surface area contributed by atoms with Gasteiger partial charge in [-0.25, -0.2) is 8.78 Å². The highest BCUT2D eigenvalue weighted by Gasteiger charge is 2.25. The minimum Gasteiger partial charge on any atom is -0.451 e. The average Bonchev–Trinajstić information content (AvgIpc) is 2.74. The van der Waals surface area contributed by atoms with Crippen LogP contribution in [0.2, 0.25) is 0 Å². The van der Waals surface area contributed by atoms with Crippen LogP contribution >= 0.6 is 15.9 Å². The molecule has 0 atom stereocenters. The number of rotatable bonds is 5. The van der Waals surface area contributed by atoms with Crippen LogP contribution in [0.15, 0.2) is 27.1 Å². The van der Waals surface area contributed by atoms with Crippen LogP contribution in [0.3, 0.4) is 0 Å². The van der Waals surface area contributed by atoms with Crippen molar-refractivity contribution in [1.29, 1.82) is 0 Å². The first kappa shape index (κ1) is 15.9. The second kappa shape index (κ2) is 6.56. The van der Waals surface area contributed by atoms with Crippen molar-refractivity contribution in [3.63, 3.8) is 0 Å². The van der Waals surface area contributed by atoms with E-state index in [1.54, 1.807) is 13.0 Å². The Morgan fingerprint density at radius 1 is 1.43 bits per heavy atom. The van der Waals surface area contributed by atoms with Gasteiger partial charge in [-0.1, -0.05) is 22.9 Å². The summed E-state index contributed by atoms with van der Waals surface area (Å²) in [5.41, 5.74) is 1.25. The lowest BCUT2D eigenvalue weighted by molar-refractivity contribution is 0.0529. The molecule has 0 N–H and O–H groups in total. The summed E-state index contributed by atoms with van der Waals surface area (Å²) in [4.78, 5) is 13.6. The number of nitrogens with zero attached hydrogens (tertiary/aromatic N) is 1. The van der Waals surface area contributed by atoms with Gasteiger partial charge in [0, 0.05) is 22.0 Å². The molecule has 0 fully saturated rings. The van der Waals surface area contributed by atoms with E-state index in [4.69, 9.17) is 4.42 Å². The van der Waals surface area contributed by atoms with Crippen LogP contribution in [-0.2, 0) is 0 Å². The lowest BCUT2D eigenvalue weighted by atomic mass is 10.1. The predicted molar refractivity (Wildman–Crippen MR) is 80.8 cm³/mol. The summed E-state index contributed by atoms with van der Waals surface area (Å²) in [6.07, 6.45) is -1.94. The number of aryl methyl sites for hydroxylation is 1. The first-order chi connectivity index (χ1) is 9.93. The number of carbonyl (C=O) groups is 1. The first-order valence-electron chi connectivity index (χ1n) is 6.70. The molecule has 0 bridgehead atoms. The Kier molecular flexibility index (Phi) is 4.98. The molecule has 2 rings (SSSR count). The molecule has 21 heavy (non-hydrogen) atoms. The molecule has 0 aliphatic rings. The maximum Gasteiger partial charge on any atom is 0.290 e. The molecule has 0 spiro atoms. The van der Waals surface area contributed by atoms with E-state index in [9.17, 15) is 13.6 Å². The molecule has 0 saturated carbocycles. The van der Waals surface area contributed by atoms with Gasteiger partial charge in [-0.2, -0.15) is 0 Å². The minimum absolute atomic E-state index is 0.136. The molecule has 3 nitrogen and oxygen atoms in total. The van der Waals surface area contributed by atoms with Gasteiger partial charge in [0.15, 0.2) is 5.76 Å². The van der Waals surface area contributed by atoms with Gasteiger partial charge >= 0.3 is 0 Å². The summed E-state index contributed by atoms with van der Waals surface area (Å²) < 4.78 is 31.7. The van der Waals surface area contributed by atoms with E-state index in [2.05, 4.69) is 15.9 Å². The van der Waals surface area contributed by atoms with E-state index in [0.29, 0.717) is 17.6 Å². The fourth-order valence-corrected chi connectivity index (χ4v) is 2.61. The van der Waals surface area contributed by atoms with Crippen LogP contribution in [0.25, 0.3) is 11.0 Å². The smallest absolute Gasteiger partial charge is 0.290 e. The predicted octanol–water partition coefficient (Wildman–Crippen LogP) is 4.62. The third-order valence-corrected chi connectivity index (χ3v) is 3.72. The molecule has 2 aromatic rings. The van der Waals surface area contributed by atoms with Gasteiger partial charge < -0.3 is 9.32 Å². The van der Waals surface area contributed by atoms with Crippen molar-refractivity contribution in [2.75, 3.05) is 13.1 Å². The van der Waals surface area contributed by atoms with Gasteiger partial charge in [0.1, 0.15) is 5.58 Å². The average molecular weight is 360 g/mol. The van der Waals surface area contributed by atoms with Crippen molar-refractivity contribution in [2.45, 2.75) is 26.7 Å². The van der Waals surface area contributed by atoms with Crippen molar-refractivity contribution < 1.29 is 18.0 Å². The molecule has 0 radical (unpaired) electrons. The molecule has 0 aliphatic carbocycles. The van der Waals surface area contributed by atoms with Crippen LogP contribution < -0.4 is 0 Å². The summed E-state index contributed by atoms with van der Waals surface area (Å²) in [6, 6.07) is 5.41. The Balaban J connectivity index is 2.39. The molecule has 0 aliphatic heterocycles. The van der Waals surface area contributed by atoms with Crippen molar-refractivity contribution in [2.24, 2.45) is 0 Å². The summed E-state index contributed by atoms with van der Waals surface area (Å²) in [5.74, 6) is -0.348. The van der Waals surface area contributed by atoms with Gasteiger partial charge in [-0.05, 0) is 31.5 Å². The molecule has 0 unspecified atom stereocenters. The zero-order chi connectivity index (χ0) is 15.6. The van der Waals surface area contributed by atoms with Gasteiger partial charge in [0.2, 0.25) is 0 Å². The van der Waals surface area contributed by atoms with E-state index < -0.39 is 18.9 Å². The Bertz CT molecular complexity index is 654. The molecule has 0 saturated heterocycles. The maximum absolute atomic E-state index is 12.6. The Labute approximate surface area is 130 Å². The first-order valence-corrected chi connectivity index (χ1v) is 7.49. The van der Waals surface area contributed by atoms with E-state index in [0.717, 1.165) is 14.8 Å². The topological polar surface area (TPSA) is 33.5 Å². The summed E-state index contributed by atoms with van der Waals surface area (Å²) in [6.45, 7) is 3.31. The number of halogens is 3. The van der Waals surface area contributed by atoms with Crippen LogP contribution in [-0.4, -0.2) is 30.3 Å². The van der Waals surface area contributed by atoms with Crippen molar-refractivity contribution in [3.8, 4) is 0 Å². The number of alkyl halides is 2. The summed E-state index contributed by atoms with van der Waals surface area (Å²) in [7, 11) is 0. The second-order valence-corrected chi connectivity index (χ2v) is 5.75. The Hall–Kier alpha value is -1.43. The Morgan fingerprint density at radius 2 is 2.14 bits per heavy atom. The summed E-state index contributed by atoms with van der Waals surface area (Å²) >= 11 is 3.36. The monoisotopic (exact) mass is 359 g/mol. The highest BCUT2D eigenvalue weighted by atomic mass is 79.9. The number of hydrogen-bond donors (Lipinski definition) is 0. The van der Waals surface area contributed by atoms with Crippen LogP contribution in [0.4, 0.5) is 8.78 Å². The number of amides is 1. The molecule has 1 heterocycles. The van der Waals surface area contributed by atoms with Gasteiger partial charge in [0.25, 0.3) is 12.3 Å². The van der Waals surface area contributed by atoms with E-state index in [-0.39, 0.29) is 12.3 Å². The van der Waals surface area contributed by atoms with Gasteiger partial charge in [-0.3, -0.25) is 4.79 Å². The fraction of sp³-hybridized carbons (Fsp3) is 0.400. The molecule has 1 amide bonds. The SMILES string of the molecule is CCCN(CC(F)F)C(=O)c1oc2ccc(Br)cc2c1C. The fourth-order valence-electron chi connectivity index (χ4n) is 2.25. The largest absolute Gasteiger partial charge is 0.451 e. The van der Waals surface area contributed by atoms with Crippen molar-refractivity contribution in [3.05, 3.63) is 34.0 Å². The molecule has 6 heteroatoms. The minimum atomic E-state index is -2.56. The van der Waals surface area contributed by atoms with Gasteiger partial charge in [0.05, 0.1) is 6.54 Å². The molecular weight excluding hydrogens is 344 g/mol. The molecular formula is C15H16BrF2NO2. The lowest BCUT2D eigenvalue weighted by Crippen LogP contribution is -2.35. The number of carbonyl (C=O) groups excluding carboxylic acids is 1. The number of hydrogen-bond acceptors (Lipinski definition) is 2. The van der Waals surface area contributed by atoms with Crippen molar-refractivity contribution in [1.82, 2.24) is 4.90 Å². The summed E-state index contributed by atoms with van der Waals surface area (Å²) in [5, 5.41) is 0.807. The van der Waals surface area contributed by atoms with Crippen LogP contribution in [0.1, 0.15) is 29.5 Å². The molecule has 1 aromatic carbocycles. The normalized spacial score (nSPS) is 11.3. The standard InChI is InChI=1S/C15H16BrF2NO2/c1-3-6-19(8-13(17)18)15(20)14-9(2)11-7-10(16)4-5-12(11)21-14/h4-5,7,13H,3,6,8H2,1-2H3. The second-order valence-electron chi connectivity index (χ2n) is 4.84. The number of furan rings is 1. The maximum atomic E-state index is 12.6. The highest BCUT2D eigenvalue weighted by molar-refractivity contribution is 9.10. The quantitative estimate of drug-likeness (QED) is 0.780. The lowest BCUT2D eigenvalue weighted by Gasteiger charge is -2.20. The van der Waals surface area contributed by atoms with E-state index >= 15 is 0 Å². The zero-order valence-electron chi connectivity index (χ0n) is 11.8. The van der Waals surface area contributed by atoms with E-state index in [1.165, 1.54) is 0 Å². The van der Waals surface area contributed by atoms with Crippen LogP contribution in [0.5, 0.6) is 0 Å². The van der Waals surface area contributed by atoms with E-state index in [1.807, 2.05) is 19.1 Å². The number of benzene rings is 1. The third kappa shape index (κ3) is 3.43. The molecule has 114 valence electrons. The van der Waals surface area contributed by atoms with Crippen molar-refractivity contribution >= 4 is 32.8 Å². The van der Waals surface area contributed by atoms with Gasteiger partial charge in [-0.15, -0.1) is 0 Å². The molecule has 1 aromatic heterocycles. The zero-order valence-corrected chi connectivity index (χ0v) is 13.4. The highest BCUT2D eigenvalue weighted by Crippen LogP contribution is 2.29. The Morgan fingerprint density at radius 3 is 2.76 bits per heavy atom. The third-order valence-electron chi connectivity index (χ3n) is 3.23.